The number of aliphatic hydroxyl groups is 1. The van der Waals surface area contributed by atoms with Crippen LogP contribution in [0.2, 0.25) is 0 Å². The SMILES string of the molecule is CCOC1C[C@H]2C=C([C@@H](C)CO)C(C)C[C@H]2O1. The fourth-order valence-electron chi connectivity index (χ4n) is 3.08. The second-order valence-corrected chi connectivity index (χ2v) is 5.35. The van der Waals surface area contributed by atoms with Crippen LogP contribution in [0.1, 0.15) is 33.6 Å². The van der Waals surface area contributed by atoms with Crippen molar-refractivity contribution in [3.05, 3.63) is 11.6 Å². The Morgan fingerprint density at radius 1 is 1.53 bits per heavy atom. The van der Waals surface area contributed by atoms with Gasteiger partial charge in [0.05, 0.1) is 6.10 Å². The van der Waals surface area contributed by atoms with Crippen LogP contribution in [0, 0.1) is 17.8 Å². The largest absolute Gasteiger partial charge is 0.396 e. The first-order valence-electron chi connectivity index (χ1n) is 6.75. The number of fused-ring (bicyclic) bond motifs is 1. The molecule has 1 fully saturated rings. The van der Waals surface area contributed by atoms with Crippen LogP contribution in [-0.4, -0.2) is 30.7 Å². The molecule has 3 nitrogen and oxygen atoms in total. The van der Waals surface area contributed by atoms with Gasteiger partial charge in [-0.3, -0.25) is 0 Å². The lowest BCUT2D eigenvalue weighted by Crippen LogP contribution is -2.27. The first kappa shape index (κ1) is 13.1. The molecule has 0 amide bonds. The molecule has 1 aliphatic heterocycles. The number of hydrogen-bond acceptors (Lipinski definition) is 3. The quantitative estimate of drug-likeness (QED) is 0.767. The van der Waals surface area contributed by atoms with Gasteiger partial charge in [-0.05, 0) is 19.3 Å². The summed E-state index contributed by atoms with van der Waals surface area (Å²) in [6, 6.07) is 0. The topological polar surface area (TPSA) is 38.7 Å². The van der Waals surface area contributed by atoms with Crippen LogP contribution in [0.3, 0.4) is 0 Å². The molecule has 1 heterocycles. The van der Waals surface area contributed by atoms with Crippen molar-refractivity contribution in [2.24, 2.45) is 17.8 Å². The number of rotatable bonds is 4. The molecule has 1 N–H and O–H groups in total. The Hall–Kier alpha value is -0.380. The third-order valence-electron chi connectivity index (χ3n) is 4.03. The van der Waals surface area contributed by atoms with E-state index in [9.17, 15) is 5.11 Å². The molecular formula is C14H24O3. The van der Waals surface area contributed by atoms with Gasteiger partial charge in [-0.25, -0.2) is 0 Å². The molecule has 17 heavy (non-hydrogen) atoms. The van der Waals surface area contributed by atoms with Gasteiger partial charge >= 0.3 is 0 Å². The van der Waals surface area contributed by atoms with Gasteiger partial charge < -0.3 is 14.6 Å². The monoisotopic (exact) mass is 240 g/mol. The molecule has 0 bridgehead atoms. The van der Waals surface area contributed by atoms with Crippen LogP contribution in [-0.2, 0) is 9.47 Å². The Balaban J connectivity index is 2.06. The highest BCUT2D eigenvalue weighted by Crippen LogP contribution is 2.41. The molecule has 3 heteroatoms. The van der Waals surface area contributed by atoms with Crippen molar-refractivity contribution in [3.8, 4) is 0 Å². The van der Waals surface area contributed by atoms with Crippen LogP contribution >= 0.6 is 0 Å². The highest BCUT2D eigenvalue weighted by atomic mass is 16.7. The first-order chi connectivity index (χ1) is 8.15. The summed E-state index contributed by atoms with van der Waals surface area (Å²) in [5, 5.41) is 9.28. The Morgan fingerprint density at radius 2 is 2.29 bits per heavy atom. The average molecular weight is 240 g/mol. The fraction of sp³-hybridized carbons (Fsp3) is 0.857. The molecule has 0 aromatic rings. The van der Waals surface area contributed by atoms with Crippen molar-refractivity contribution in [1.82, 2.24) is 0 Å². The Bertz CT molecular complexity index is 287. The minimum atomic E-state index is -0.0257. The number of ether oxygens (including phenoxy) is 2. The molecule has 5 atom stereocenters. The molecule has 2 rings (SSSR count). The lowest BCUT2D eigenvalue weighted by molar-refractivity contribution is -0.133. The van der Waals surface area contributed by atoms with Gasteiger partial charge in [0, 0.05) is 31.5 Å². The minimum absolute atomic E-state index is 0.0257. The maximum Gasteiger partial charge on any atom is 0.158 e. The molecular weight excluding hydrogens is 216 g/mol. The summed E-state index contributed by atoms with van der Waals surface area (Å²) in [5.74, 6) is 1.27. The predicted molar refractivity (Wildman–Crippen MR) is 66.5 cm³/mol. The van der Waals surface area contributed by atoms with Crippen LogP contribution in [0.15, 0.2) is 11.6 Å². The van der Waals surface area contributed by atoms with Gasteiger partial charge in [-0.1, -0.05) is 25.5 Å². The second-order valence-electron chi connectivity index (χ2n) is 5.35. The highest BCUT2D eigenvalue weighted by Gasteiger charge is 2.39. The first-order valence-corrected chi connectivity index (χ1v) is 6.75. The second kappa shape index (κ2) is 5.51. The summed E-state index contributed by atoms with van der Waals surface area (Å²) in [7, 11) is 0. The molecule has 0 spiro atoms. The number of hydrogen-bond donors (Lipinski definition) is 1. The molecule has 0 saturated carbocycles. The minimum Gasteiger partial charge on any atom is -0.396 e. The van der Waals surface area contributed by atoms with Crippen LogP contribution in [0.5, 0.6) is 0 Å². The van der Waals surface area contributed by atoms with E-state index >= 15 is 0 Å². The van der Waals surface area contributed by atoms with E-state index in [4.69, 9.17) is 9.47 Å². The third kappa shape index (κ3) is 2.72. The number of aliphatic hydroxyl groups excluding tert-OH is 1. The lowest BCUT2D eigenvalue weighted by Gasteiger charge is -2.31. The van der Waals surface area contributed by atoms with E-state index < -0.39 is 0 Å². The van der Waals surface area contributed by atoms with E-state index in [0.29, 0.717) is 24.5 Å². The molecule has 1 aliphatic carbocycles. The zero-order chi connectivity index (χ0) is 12.4. The predicted octanol–water partition coefficient (Wildman–Crippen LogP) is 2.35. The molecule has 2 unspecified atom stereocenters. The summed E-state index contributed by atoms with van der Waals surface area (Å²) < 4.78 is 11.5. The Labute approximate surface area is 104 Å². The van der Waals surface area contributed by atoms with Crippen molar-refractivity contribution in [3.63, 3.8) is 0 Å². The van der Waals surface area contributed by atoms with Gasteiger partial charge in [-0.15, -0.1) is 0 Å². The van der Waals surface area contributed by atoms with Gasteiger partial charge in [0.15, 0.2) is 6.29 Å². The van der Waals surface area contributed by atoms with E-state index in [0.717, 1.165) is 12.8 Å². The highest BCUT2D eigenvalue weighted by molar-refractivity contribution is 5.17. The van der Waals surface area contributed by atoms with E-state index in [-0.39, 0.29) is 18.8 Å². The smallest absolute Gasteiger partial charge is 0.158 e. The van der Waals surface area contributed by atoms with Gasteiger partial charge in [0.2, 0.25) is 0 Å². The van der Waals surface area contributed by atoms with Crippen molar-refractivity contribution in [2.45, 2.75) is 46.0 Å². The van der Waals surface area contributed by atoms with Gasteiger partial charge in [0.25, 0.3) is 0 Å². The summed E-state index contributed by atoms with van der Waals surface area (Å²) >= 11 is 0. The zero-order valence-corrected chi connectivity index (χ0v) is 11.1. The summed E-state index contributed by atoms with van der Waals surface area (Å²) in [4.78, 5) is 0. The van der Waals surface area contributed by atoms with Crippen LogP contribution < -0.4 is 0 Å². The van der Waals surface area contributed by atoms with E-state index in [2.05, 4.69) is 19.9 Å². The van der Waals surface area contributed by atoms with Gasteiger partial charge in [-0.2, -0.15) is 0 Å². The van der Waals surface area contributed by atoms with E-state index in [1.807, 2.05) is 6.92 Å². The van der Waals surface area contributed by atoms with Crippen LogP contribution in [0.4, 0.5) is 0 Å². The van der Waals surface area contributed by atoms with Gasteiger partial charge in [0.1, 0.15) is 0 Å². The molecule has 98 valence electrons. The van der Waals surface area contributed by atoms with Crippen molar-refractivity contribution < 1.29 is 14.6 Å². The summed E-state index contributed by atoms with van der Waals surface area (Å²) in [5.41, 5.74) is 1.40. The zero-order valence-electron chi connectivity index (χ0n) is 11.1. The fourth-order valence-corrected chi connectivity index (χ4v) is 3.08. The van der Waals surface area contributed by atoms with E-state index in [1.165, 1.54) is 5.57 Å². The van der Waals surface area contributed by atoms with Crippen molar-refractivity contribution in [1.29, 1.82) is 0 Å². The Morgan fingerprint density at radius 3 is 2.94 bits per heavy atom. The standard InChI is InChI=1S/C14H24O3/c1-4-16-14-7-11-6-12(10(3)8-15)9(2)5-13(11)17-14/h6,9-11,13-15H,4-5,7-8H2,1-3H3/t9?,10-,11+,13+,14?/m0/s1. The molecule has 0 aromatic heterocycles. The maximum atomic E-state index is 9.28. The summed E-state index contributed by atoms with van der Waals surface area (Å²) in [6.07, 6.45) is 4.65. The average Bonchev–Trinajstić information content (AvgIpc) is 2.69. The third-order valence-corrected chi connectivity index (χ3v) is 4.03. The molecule has 2 aliphatic rings. The van der Waals surface area contributed by atoms with Crippen molar-refractivity contribution in [2.75, 3.05) is 13.2 Å². The molecule has 0 aromatic carbocycles. The molecule has 0 radical (unpaired) electrons. The van der Waals surface area contributed by atoms with Crippen molar-refractivity contribution >= 4 is 0 Å². The lowest BCUT2D eigenvalue weighted by atomic mass is 9.77. The van der Waals surface area contributed by atoms with E-state index in [1.54, 1.807) is 0 Å². The maximum absolute atomic E-state index is 9.28. The summed E-state index contributed by atoms with van der Waals surface area (Å²) in [6.45, 7) is 7.28. The molecule has 1 saturated heterocycles. The normalized spacial score (nSPS) is 38.7. The Kier molecular flexibility index (Phi) is 4.23. The van der Waals surface area contributed by atoms with Crippen LogP contribution in [0.25, 0.3) is 0 Å².